The minimum atomic E-state index is -4.54. The van der Waals surface area contributed by atoms with Gasteiger partial charge >= 0.3 is 6.18 Å². The Morgan fingerprint density at radius 2 is 1.83 bits per heavy atom. The highest BCUT2D eigenvalue weighted by Crippen LogP contribution is 2.39. The second-order valence-electron chi connectivity index (χ2n) is 9.06. The number of alkyl halides is 3. The van der Waals surface area contributed by atoms with Crippen molar-refractivity contribution in [3.05, 3.63) is 87.3 Å². The van der Waals surface area contributed by atoms with Gasteiger partial charge in [-0.05, 0) is 69.0 Å². The van der Waals surface area contributed by atoms with Crippen molar-refractivity contribution < 1.29 is 18.0 Å². The summed E-state index contributed by atoms with van der Waals surface area (Å²) >= 11 is 1.85. The Bertz CT molecular complexity index is 1290. The monoisotopic (exact) mass is 500 g/mol. The van der Waals surface area contributed by atoms with Crippen molar-refractivity contribution in [2.45, 2.75) is 62.5 Å². The predicted octanol–water partition coefficient (Wildman–Crippen LogP) is 6.61. The molecule has 0 aliphatic heterocycles. The number of aromatic nitrogens is 1. The highest BCUT2D eigenvalue weighted by atomic mass is 32.2. The van der Waals surface area contributed by atoms with Crippen LogP contribution < -0.4 is 10.7 Å². The number of hydrogen-bond donors (Lipinski definition) is 1. The van der Waals surface area contributed by atoms with E-state index in [0.29, 0.717) is 10.9 Å². The number of nitrogens with zero attached hydrogens (tertiary/aromatic N) is 1. The van der Waals surface area contributed by atoms with Gasteiger partial charge in [-0.15, -0.1) is 11.8 Å². The topological polar surface area (TPSA) is 51.1 Å². The molecular formula is C27H27F3N2O2S. The number of halogens is 3. The molecule has 1 fully saturated rings. The van der Waals surface area contributed by atoms with Gasteiger partial charge in [0.05, 0.1) is 5.56 Å². The highest BCUT2D eigenvalue weighted by Gasteiger charge is 2.31. The van der Waals surface area contributed by atoms with E-state index in [-0.39, 0.29) is 29.3 Å². The lowest BCUT2D eigenvalue weighted by Gasteiger charge is -2.20. The van der Waals surface area contributed by atoms with Gasteiger partial charge in [0.1, 0.15) is 5.56 Å². The molecule has 1 saturated carbocycles. The highest BCUT2D eigenvalue weighted by molar-refractivity contribution is 8.00. The van der Waals surface area contributed by atoms with Crippen LogP contribution in [0.15, 0.2) is 64.4 Å². The minimum absolute atomic E-state index is 0.0962. The summed E-state index contributed by atoms with van der Waals surface area (Å²) in [7, 11) is 0. The zero-order valence-corrected chi connectivity index (χ0v) is 20.6. The first-order valence-electron chi connectivity index (χ1n) is 11.5. The number of thioether (sulfide) groups is 1. The fourth-order valence-electron chi connectivity index (χ4n) is 3.95. The van der Waals surface area contributed by atoms with Crippen LogP contribution in [0.3, 0.4) is 0 Å². The number of pyridine rings is 1. The van der Waals surface area contributed by atoms with Crippen molar-refractivity contribution in [1.29, 1.82) is 0 Å². The molecule has 2 aromatic carbocycles. The van der Waals surface area contributed by atoms with E-state index >= 15 is 0 Å². The van der Waals surface area contributed by atoms with Crippen LogP contribution >= 0.6 is 11.8 Å². The summed E-state index contributed by atoms with van der Waals surface area (Å²) < 4.78 is 41.7. The fourth-order valence-corrected chi connectivity index (χ4v) is 5.00. The van der Waals surface area contributed by atoms with Crippen molar-refractivity contribution in [2.75, 3.05) is 0 Å². The third-order valence-corrected chi connectivity index (χ3v) is 7.32. The van der Waals surface area contributed by atoms with E-state index in [1.807, 2.05) is 49.9 Å². The van der Waals surface area contributed by atoms with Crippen molar-refractivity contribution in [3.63, 3.8) is 0 Å². The summed E-state index contributed by atoms with van der Waals surface area (Å²) in [5, 5.41) is 3.49. The standard InChI is InChI=1S/C27H27F3N2O2S/c1-16(2)32-15-23(26(34)31-14-18-7-9-21(10-8-18)35-22-11-12-22)25(33)24(17(32)3)19-5-4-6-20(13-19)27(28,29)30/h4-10,13,15-16,22H,11-12,14H2,1-3H3,(H,31,34). The van der Waals surface area contributed by atoms with Crippen LogP contribution in [0.25, 0.3) is 11.1 Å². The van der Waals surface area contributed by atoms with Gasteiger partial charge < -0.3 is 9.88 Å². The van der Waals surface area contributed by atoms with E-state index in [0.717, 1.165) is 17.7 Å². The number of hydrogen-bond acceptors (Lipinski definition) is 3. The van der Waals surface area contributed by atoms with Gasteiger partial charge in [0, 0.05) is 40.2 Å². The van der Waals surface area contributed by atoms with Crippen LogP contribution in [0.4, 0.5) is 13.2 Å². The number of rotatable bonds is 7. The lowest BCUT2D eigenvalue weighted by Crippen LogP contribution is -2.31. The number of nitrogens with one attached hydrogen (secondary N) is 1. The quantitative estimate of drug-likeness (QED) is 0.397. The molecule has 1 amide bonds. The molecule has 1 heterocycles. The van der Waals surface area contributed by atoms with Crippen LogP contribution in [0.2, 0.25) is 0 Å². The smallest absolute Gasteiger partial charge is 0.348 e. The molecule has 4 rings (SSSR count). The molecule has 0 saturated heterocycles. The summed E-state index contributed by atoms with van der Waals surface area (Å²) in [6, 6.07) is 12.5. The first-order chi connectivity index (χ1) is 16.5. The third kappa shape index (κ3) is 5.81. The fraction of sp³-hybridized carbons (Fsp3) is 0.333. The SMILES string of the molecule is Cc1c(-c2cccc(C(F)(F)F)c2)c(=O)c(C(=O)NCc2ccc(SC3CC3)cc2)cn1C(C)C. The van der Waals surface area contributed by atoms with Crippen LogP contribution in [-0.2, 0) is 12.7 Å². The summed E-state index contributed by atoms with van der Waals surface area (Å²) in [5.41, 5.74) is 0.0969. The molecule has 1 aromatic heterocycles. The Morgan fingerprint density at radius 3 is 2.43 bits per heavy atom. The molecule has 0 radical (unpaired) electrons. The summed E-state index contributed by atoms with van der Waals surface area (Å²) in [5.74, 6) is -0.561. The Hall–Kier alpha value is -3.00. The van der Waals surface area contributed by atoms with Crippen molar-refractivity contribution in [3.8, 4) is 11.1 Å². The second-order valence-corrected chi connectivity index (χ2v) is 10.4. The van der Waals surface area contributed by atoms with Crippen LogP contribution in [-0.4, -0.2) is 15.7 Å². The van der Waals surface area contributed by atoms with Crippen LogP contribution in [0, 0.1) is 6.92 Å². The van der Waals surface area contributed by atoms with Crippen LogP contribution in [0.1, 0.15) is 59.9 Å². The van der Waals surface area contributed by atoms with Gasteiger partial charge in [0.2, 0.25) is 5.43 Å². The second kappa shape index (κ2) is 9.93. The molecule has 4 nitrogen and oxygen atoms in total. The Balaban J connectivity index is 1.64. The number of carbonyl (C=O) groups excluding carboxylic acids is 1. The number of carbonyl (C=O) groups is 1. The maximum atomic E-state index is 13.4. The van der Waals surface area contributed by atoms with Gasteiger partial charge in [-0.3, -0.25) is 9.59 Å². The molecule has 0 bridgehead atoms. The summed E-state index contributed by atoms with van der Waals surface area (Å²) in [6.07, 6.45) is -0.558. The van der Waals surface area contributed by atoms with E-state index in [4.69, 9.17) is 0 Å². The van der Waals surface area contributed by atoms with E-state index in [1.165, 1.54) is 36.1 Å². The molecular weight excluding hydrogens is 473 g/mol. The first kappa shape index (κ1) is 25.1. The zero-order chi connectivity index (χ0) is 25.3. The van der Waals surface area contributed by atoms with Gasteiger partial charge in [-0.2, -0.15) is 13.2 Å². The maximum Gasteiger partial charge on any atom is 0.416 e. The molecule has 0 atom stereocenters. The lowest BCUT2D eigenvalue weighted by molar-refractivity contribution is -0.137. The Labute approximate surface area is 206 Å². The normalized spacial score (nSPS) is 13.8. The van der Waals surface area contributed by atoms with Crippen molar-refractivity contribution in [2.24, 2.45) is 0 Å². The average Bonchev–Trinajstić information content (AvgIpc) is 3.62. The molecule has 1 aliphatic carbocycles. The number of benzene rings is 2. The summed E-state index contributed by atoms with van der Waals surface area (Å²) in [6.45, 7) is 5.69. The van der Waals surface area contributed by atoms with Gasteiger partial charge in [-0.25, -0.2) is 0 Å². The van der Waals surface area contributed by atoms with E-state index < -0.39 is 23.1 Å². The zero-order valence-electron chi connectivity index (χ0n) is 19.8. The van der Waals surface area contributed by atoms with Gasteiger partial charge in [-0.1, -0.05) is 24.3 Å². The van der Waals surface area contributed by atoms with Crippen LogP contribution in [0.5, 0.6) is 0 Å². The van der Waals surface area contributed by atoms with Crippen molar-refractivity contribution >= 4 is 17.7 Å². The predicted molar refractivity (Wildman–Crippen MR) is 133 cm³/mol. The summed E-state index contributed by atoms with van der Waals surface area (Å²) in [4.78, 5) is 27.6. The molecule has 184 valence electrons. The van der Waals surface area contributed by atoms with Gasteiger partial charge in [0.25, 0.3) is 5.91 Å². The van der Waals surface area contributed by atoms with E-state index in [9.17, 15) is 22.8 Å². The third-order valence-electron chi connectivity index (χ3n) is 5.97. The van der Waals surface area contributed by atoms with E-state index in [1.54, 1.807) is 11.5 Å². The number of amides is 1. The maximum absolute atomic E-state index is 13.4. The molecule has 3 aromatic rings. The molecule has 1 aliphatic rings. The Kier molecular flexibility index (Phi) is 7.12. The molecule has 1 N–H and O–H groups in total. The lowest BCUT2D eigenvalue weighted by atomic mass is 9.98. The Morgan fingerprint density at radius 1 is 1.14 bits per heavy atom. The first-order valence-corrected chi connectivity index (χ1v) is 12.4. The molecule has 8 heteroatoms. The van der Waals surface area contributed by atoms with Gasteiger partial charge in [0.15, 0.2) is 0 Å². The molecule has 0 spiro atoms. The molecule has 35 heavy (non-hydrogen) atoms. The average molecular weight is 501 g/mol. The van der Waals surface area contributed by atoms with Crippen molar-refractivity contribution in [1.82, 2.24) is 9.88 Å². The molecule has 0 unspecified atom stereocenters. The minimum Gasteiger partial charge on any atom is -0.348 e. The largest absolute Gasteiger partial charge is 0.416 e. The van der Waals surface area contributed by atoms with E-state index in [2.05, 4.69) is 5.32 Å².